The van der Waals surface area contributed by atoms with Crippen molar-refractivity contribution in [2.45, 2.75) is 6.54 Å². The van der Waals surface area contributed by atoms with E-state index in [1.54, 1.807) is 18.2 Å². The van der Waals surface area contributed by atoms with Gasteiger partial charge in [0.1, 0.15) is 12.4 Å². The second-order valence-corrected chi connectivity index (χ2v) is 4.25. The van der Waals surface area contributed by atoms with Crippen LogP contribution in [-0.4, -0.2) is 11.2 Å². The van der Waals surface area contributed by atoms with Crippen LogP contribution in [0.5, 0.6) is 5.75 Å². The summed E-state index contributed by atoms with van der Waals surface area (Å²) >= 11 is 11.7. The molecule has 0 bridgehead atoms. The molecule has 1 aromatic carbocycles. The number of halogens is 2. The summed E-state index contributed by atoms with van der Waals surface area (Å²) in [5.41, 5.74) is 0. The van der Waals surface area contributed by atoms with Gasteiger partial charge in [-0.1, -0.05) is 23.2 Å². The highest BCUT2D eigenvalue weighted by molar-refractivity contribution is 6.34. The molecule has 2 rings (SSSR count). The third kappa shape index (κ3) is 3.19. The van der Waals surface area contributed by atoms with Crippen molar-refractivity contribution >= 4 is 23.2 Å². The lowest BCUT2D eigenvalue weighted by Gasteiger charge is -2.07. The molecule has 0 saturated heterocycles. The molecule has 2 nitrogen and oxygen atoms in total. The quantitative estimate of drug-likeness (QED) is 0.809. The highest BCUT2D eigenvalue weighted by atomic mass is 35.5. The number of hydrogen-bond acceptors (Lipinski definition) is 1. The van der Waals surface area contributed by atoms with E-state index in [1.165, 1.54) is 0 Å². The highest BCUT2D eigenvalue weighted by Crippen LogP contribution is 2.24. The summed E-state index contributed by atoms with van der Waals surface area (Å²) < 4.78 is 7.60. The van der Waals surface area contributed by atoms with Crippen molar-refractivity contribution in [3.63, 3.8) is 0 Å². The fraction of sp³-hybridized carbons (Fsp3) is 0.167. The Bertz CT molecular complexity index is 434. The first-order valence-electron chi connectivity index (χ1n) is 4.94. The van der Waals surface area contributed by atoms with Crippen molar-refractivity contribution in [2.75, 3.05) is 6.61 Å². The molecule has 4 heteroatoms. The predicted octanol–water partition coefficient (Wildman–Crippen LogP) is 3.87. The third-order valence-corrected chi connectivity index (χ3v) is 2.56. The zero-order chi connectivity index (χ0) is 11.4. The van der Waals surface area contributed by atoms with Gasteiger partial charge in [0.15, 0.2) is 0 Å². The van der Waals surface area contributed by atoms with Crippen molar-refractivity contribution in [3.8, 4) is 5.75 Å². The van der Waals surface area contributed by atoms with Crippen molar-refractivity contribution in [1.82, 2.24) is 4.57 Å². The molecule has 0 aliphatic rings. The lowest BCUT2D eigenvalue weighted by atomic mass is 10.3. The van der Waals surface area contributed by atoms with Crippen LogP contribution in [0.4, 0.5) is 0 Å². The molecule has 0 N–H and O–H groups in total. The summed E-state index contributed by atoms with van der Waals surface area (Å²) in [4.78, 5) is 0. The fourth-order valence-corrected chi connectivity index (χ4v) is 1.91. The summed E-state index contributed by atoms with van der Waals surface area (Å²) in [5, 5.41) is 1.17. The summed E-state index contributed by atoms with van der Waals surface area (Å²) in [5.74, 6) is 0.699. The molecular weight excluding hydrogens is 245 g/mol. The van der Waals surface area contributed by atoms with E-state index in [-0.39, 0.29) is 0 Å². The SMILES string of the molecule is Clc1cc(Cl)cc(OCCn2cccc2)c1. The largest absolute Gasteiger partial charge is 0.492 e. The first-order valence-corrected chi connectivity index (χ1v) is 5.69. The molecule has 0 amide bonds. The van der Waals surface area contributed by atoms with Crippen LogP contribution in [0, 0.1) is 0 Å². The molecule has 84 valence electrons. The van der Waals surface area contributed by atoms with Gasteiger partial charge in [-0.15, -0.1) is 0 Å². The molecule has 0 fully saturated rings. The Labute approximate surface area is 104 Å². The Morgan fingerprint density at radius 2 is 1.62 bits per heavy atom. The van der Waals surface area contributed by atoms with E-state index < -0.39 is 0 Å². The van der Waals surface area contributed by atoms with E-state index in [2.05, 4.69) is 0 Å². The van der Waals surface area contributed by atoms with Crippen molar-refractivity contribution in [2.24, 2.45) is 0 Å². The number of benzene rings is 1. The average molecular weight is 256 g/mol. The number of ether oxygens (including phenoxy) is 1. The Hall–Kier alpha value is -1.12. The van der Waals surface area contributed by atoms with E-state index >= 15 is 0 Å². The summed E-state index contributed by atoms with van der Waals surface area (Å²) in [6.07, 6.45) is 3.99. The van der Waals surface area contributed by atoms with Crippen LogP contribution >= 0.6 is 23.2 Å². The first kappa shape index (κ1) is 11.4. The molecule has 16 heavy (non-hydrogen) atoms. The van der Waals surface area contributed by atoms with E-state index in [1.807, 2.05) is 29.1 Å². The molecule has 0 radical (unpaired) electrons. The summed E-state index contributed by atoms with van der Waals surface area (Å²) in [6.45, 7) is 1.39. The molecule has 1 aromatic heterocycles. The summed E-state index contributed by atoms with van der Waals surface area (Å²) in [7, 11) is 0. The van der Waals surface area contributed by atoms with Crippen LogP contribution in [-0.2, 0) is 6.54 Å². The molecular formula is C12H11Cl2NO. The van der Waals surface area contributed by atoms with Crippen LogP contribution in [0.25, 0.3) is 0 Å². The standard InChI is InChI=1S/C12H11Cl2NO/c13-10-7-11(14)9-12(8-10)16-6-5-15-3-1-2-4-15/h1-4,7-9H,5-6H2. The fourth-order valence-electron chi connectivity index (χ4n) is 1.40. The van der Waals surface area contributed by atoms with Gasteiger partial charge in [0.25, 0.3) is 0 Å². The van der Waals surface area contributed by atoms with Gasteiger partial charge in [-0.2, -0.15) is 0 Å². The Kier molecular flexibility index (Phi) is 3.75. The third-order valence-electron chi connectivity index (χ3n) is 2.12. The van der Waals surface area contributed by atoms with Gasteiger partial charge in [0.2, 0.25) is 0 Å². The van der Waals surface area contributed by atoms with E-state index in [4.69, 9.17) is 27.9 Å². The maximum absolute atomic E-state index is 5.86. The maximum Gasteiger partial charge on any atom is 0.122 e. The van der Waals surface area contributed by atoms with Crippen molar-refractivity contribution in [1.29, 1.82) is 0 Å². The molecule has 0 atom stereocenters. The molecule has 0 spiro atoms. The zero-order valence-corrected chi connectivity index (χ0v) is 10.1. The minimum atomic E-state index is 0.587. The van der Waals surface area contributed by atoms with Crippen LogP contribution < -0.4 is 4.74 Å². The van der Waals surface area contributed by atoms with Gasteiger partial charge in [-0.25, -0.2) is 0 Å². The van der Waals surface area contributed by atoms with Crippen molar-refractivity contribution < 1.29 is 4.74 Å². The van der Waals surface area contributed by atoms with E-state index in [0.717, 1.165) is 6.54 Å². The Morgan fingerprint density at radius 1 is 1.00 bits per heavy atom. The maximum atomic E-state index is 5.86. The van der Waals surface area contributed by atoms with Gasteiger partial charge in [-0.05, 0) is 30.3 Å². The normalized spacial score (nSPS) is 10.4. The Balaban J connectivity index is 1.89. The molecule has 0 aliphatic carbocycles. The van der Waals surface area contributed by atoms with Gasteiger partial charge in [-0.3, -0.25) is 0 Å². The molecule has 0 saturated carbocycles. The molecule has 1 heterocycles. The minimum absolute atomic E-state index is 0.587. The highest BCUT2D eigenvalue weighted by Gasteiger charge is 1.99. The molecule has 2 aromatic rings. The predicted molar refractivity (Wildman–Crippen MR) is 66.4 cm³/mol. The van der Waals surface area contributed by atoms with Crippen molar-refractivity contribution in [3.05, 3.63) is 52.8 Å². The molecule has 0 unspecified atom stereocenters. The topological polar surface area (TPSA) is 14.2 Å². The van der Waals surface area contributed by atoms with E-state index in [0.29, 0.717) is 22.4 Å². The summed E-state index contributed by atoms with van der Waals surface area (Å²) in [6, 6.07) is 9.15. The van der Waals surface area contributed by atoms with Crippen LogP contribution in [0.2, 0.25) is 10.0 Å². The second kappa shape index (κ2) is 5.28. The number of nitrogens with zero attached hydrogens (tertiary/aromatic N) is 1. The van der Waals surface area contributed by atoms with Gasteiger partial charge >= 0.3 is 0 Å². The lowest BCUT2D eigenvalue weighted by Crippen LogP contribution is -2.06. The minimum Gasteiger partial charge on any atom is -0.492 e. The van der Waals surface area contributed by atoms with E-state index in [9.17, 15) is 0 Å². The monoisotopic (exact) mass is 255 g/mol. The van der Waals surface area contributed by atoms with Gasteiger partial charge < -0.3 is 9.30 Å². The number of aromatic nitrogens is 1. The van der Waals surface area contributed by atoms with Crippen LogP contribution in [0.1, 0.15) is 0 Å². The first-order chi connectivity index (χ1) is 7.74. The Morgan fingerprint density at radius 3 is 2.25 bits per heavy atom. The number of rotatable bonds is 4. The molecule has 0 aliphatic heterocycles. The van der Waals surface area contributed by atoms with Gasteiger partial charge in [0, 0.05) is 22.4 Å². The second-order valence-electron chi connectivity index (χ2n) is 3.37. The average Bonchev–Trinajstić information content (AvgIpc) is 2.69. The lowest BCUT2D eigenvalue weighted by molar-refractivity contribution is 0.298. The van der Waals surface area contributed by atoms with Crippen LogP contribution in [0.15, 0.2) is 42.7 Å². The van der Waals surface area contributed by atoms with Crippen LogP contribution in [0.3, 0.4) is 0 Å². The zero-order valence-electron chi connectivity index (χ0n) is 8.57. The smallest absolute Gasteiger partial charge is 0.122 e. The number of hydrogen-bond donors (Lipinski definition) is 0. The van der Waals surface area contributed by atoms with Gasteiger partial charge in [0.05, 0.1) is 6.54 Å².